The van der Waals surface area contributed by atoms with Crippen molar-refractivity contribution in [3.8, 4) is 0 Å². The van der Waals surface area contributed by atoms with E-state index in [9.17, 15) is 4.79 Å². The molecular formula is C14H22BN3O4. The minimum atomic E-state index is -0.454. The van der Waals surface area contributed by atoms with Crippen molar-refractivity contribution in [2.75, 3.05) is 13.1 Å². The molecule has 120 valence electrons. The second-order valence-corrected chi connectivity index (χ2v) is 6.78. The molecule has 7 nitrogen and oxygen atoms in total. The van der Waals surface area contributed by atoms with Gasteiger partial charge in [0.25, 0.3) is 0 Å². The Balaban J connectivity index is 1.58. The first kappa shape index (κ1) is 15.4. The number of hydrogen-bond donors (Lipinski definition) is 0. The van der Waals surface area contributed by atoms with E-state index in [4.69, 9.17) is 14.0 Å². The Morgan fingerprint density at radius 3 is 2.50 bits per heavy atom. The van der Waals surface area contributed by atoms with Crippen LogP contribution in [0.1, 0.15) is 34.1 Å². The van der Waals surface area contributed by atoms with Crippen molar-refractivity contribution in [3.05, 3.63) is 12.4 Å². The molecule has 2 saturated heterocycles. The van der Waals surface area contributed by atoms with Gasteiger partial charge in [-0.1, -0.05) is 0 Å². The molecule has 3 rings (SSSR count). The highest BCUT2D eigenvalue weighted by Crippen LogP contribution is 2.36. The Morgan fingerprint density at radius 1 is 1.32 bits per heavy atom. The van der Waals surface area contributed by atoms with Gasteiger partial charge in [0.2, 0.25) is 0 Å². The number of carbonyl (C=O) groups excluding carboxylic acids is 1. The number of likely N-dealkylation sites (tertiary alicyclic amines) is 1. The van der Waals surface area contributed by atoms with Crippen molar-refractivity contribution in [1.82, 2.24) is 14.7 Å². The molecule has 1 amide bonds. The zero-order valence-corrected chi connectivity index (χ0v) is 13.5. The normalized spacial score (nSPS) is 22.5. The number of ether oxygens (including phenoxy) is 1. The molecule has 0 spiro atoms. The summed E-state index contributed by atoms with van der Waals surface area (Å²) >= 11 is 0. The van der Waals surface area contributed by atoms with Gasteiger partial charge >= 0.3 is 13.2 Å². The summed E-state index contributed by atoms with van der Waals surface area (Å²) in [4.78, 5) is 13.3. The number of carbonyl (C=O) groups is 1. The minimum Gasteiger partial charge on any atom is -0.426 e. The second kappa shape index (κ2) is 5.28. The fraction of sp³-hybridized carbons (Fsp3) is 0.714. The summed E-state index contributed by atoms with van der Waals surface area (Å²) in [5.74, 6) is 0. The molecule has 3 heterocycles. The second-order valence-electron chi connectivity index (χ2n) is 6.78. The first-order chi connectivity index (χ1) is 10.3. The zero-order valence-electron chi connectivity index (χ0n) is 13.5. The summed E-state index contributed by atoms with van der Waals surface area (Å²) < 4.78 is 18.7. The van der Waals surface area contributed by atoms with Gasteiger partial charge in [-0.15, -0.1) is 0 Å². The molecule has 22 heavy (non-hydrogen) atoms. The summed E-state index contributed by atoms with van der Waals surface area (Å²) in [5.41, 5.74) is 0.0478. The van der Waals surface area contributed by atoms with Gasteiger partial charge in [0.1, 0.15) is 0 Å². The van der Waals surface area contributed by atoms with Crippen LogP contribution < -0.4 is 5.46 Å². The van der Waals surface area contributed by atoms with Crippen molar-refractivity contribution in [3.63, 3.8) is 0 Å². The number of nitrogens with zero attached hydrogens (tertiary/aromatic N) is 3. The Labute approximate surface area is 130 Å². The van der Waals surface area contributed by atoms with Crippen molar-refractivity contribution in [1.29, 1.82) is 0 Å². The predicted octanol–water partition coefficient (Wildman–Crippen LogP) is 0.982. The van der Waals surface area contributed by atoms with E-state index < -0.39 is 7.12 Å². The highest BCUT2D eigenvalue weighted by Gasteiger charge is 2.52. The van der Waals surface area contributed by atoms with Gasteiger partial charge in [-0.25, -0.2) is 9.48 Å². The topological polar surface area (TPSA) is 65.8 Å². The van der Waals surface area contributed by atoms with E-state index >= 15 is 0 Å². The molecule has 0 atom stereocenters. The summed E-state index contributed by atoms with van der Waals surface area (Å²) in [6, 6.07) is 0. The predicted molar refractivity (Wildman–Crippen MR) is 80.6 cm³/mol. The van der Waals surface area contributed by atoms with Crippen LogP contribution in [-0.4, -0.2) is 52.2 Å². The van der Waals surface area contributed by atoms with E-state index in [0.717, 1.165) is 25.0 Å². The molecule has 0 aromatic carbocycles. The first-order valence-electron chi connectivity index (χ1n) is 7.58. The lowest BCUT2D eigenvalue weighted by atomic mass is 9.82. The Hall–Kier alpha value is -1.54. The number of aromatic nitrogens is 2. The minimum absolute atomic E-state index is 0.0921. The van der Waals surface area contributed by atoms with Gasteiger partial charge in [0.15, 0.2) is 6.73 Å². The maximum absolute atomic E-state index is 11.6. The van der Waals surface area contributed by atoms with Crippen molar-refractivity contribution >= 4 is 18.7 Å². The maximum atomic E-state index is 11.6. The molecular weight excluding hydrogens is 285 g/mol. The highest BCUT2D eigenvalue weighted by molar-refractivity contribution is 6.61. The average molecular weight is 307 g/mol. The van der Waals surface area contributed by atoms with E-state index in [2.05, 4.69) is 5.10 Å². The standard InChI is InChI=1S/C14H22BN3O4/c1-13(2)14(3,4)22-15(21-13)11-8-16-18(9-11)10-20-12(19)17-6-5-7-17/h8-9H,5-7,10H2,1-4H3. The smallest absolute Gasteiger partial charge is 0.426 e. The molecule has 0 N–H and O–H groups in total. The number of amides is 1. The third-order valence-corrected chi connectivity index (χ3v) is 4.61. The number of rotatable bonds is 3. The molecule has 0 bridgehead atoms. The van der Waals surface area contributed by atoms with E-state index in [0.29, 0.717) is 0 Å². The third kappa shape index (κ3) is 2.72. The van der Waals surface area contributed by atoms with Crippen LogP contribution in [0.3, 0.4) is 0 Å². The van der Waals surface area contributed by atoms with E-state index in [1.807, 2.05) is 27.7 Å². The number of hydrogen-bond acceptors (Lipinski definition) is 5. The third-order valence-electron chi connectivity index (χ3n) is 4.61. The molecule has 0 unspecified atom stereocenters. The van der Waals surface area contributed by atoms with Gasteiger partial charge < -0.3 is 18.9 Å². The van der Waals surface area contributed by atoms with Crippen LogP contribution in [0.5, 0.6) is 0 Å². The molecule has 2 fully saturated rings. The van der Waals surface area contributed by atoms with Gasteiger partial charge in [0, 0.05) is 30.9 Å². The van der Waals surface area contributed by atoms with Crippen LogP contribution in [0.2, 0.25) is 0 Å². The monoisotopic (exact) mass is 307 g/mol. The summed E-state index contributed by atoms with van der Waals surface area (Å²) in [6.45, 7) is 9.67. The van der Waals surface area contributed by atoms with Gasteiger partial charge in [-0.3, -0.25) is 0 Å². The van der Waals surface area contributed by atoms with Crippen LogP contribution in [-0.2, 0) is 20.8 Å². The van der Waals surface area contributed by atoms with Crippen LogP contribution in [0.25, 0.3) is 0 Å². The van der Waals surface area contributed by atoms with Crippen molar-refractivity contribution < 1.29 is 18.8 Å². The van der Waals surface area contributed by atoms with E-state index in [-0.39, 0.29) is 24.0 Å². The molecule has 8 heteroatoms. The van der Waals surface area contributed by atoms with E-state index in [1.165, 1.54) is 0 Å². The summed E-state index contributed by atoms with van der Waals surface area (Å²) in [5, 5.41) is 4.19. The molecule has 0 radical (unpaired) electrons. The largest absolute Gasteiger partial charge is 0.498 e. The zero-order chi connectivity index (χ0) is 16.0. The average Bonchev–Trinajstić information content (AvgIpc) is 2.88. The summed E-state index contributed by atoms with van der Waals surface area (Å²) in [6.07, 6.45) is 4.22. The SMILES string of the molecule is CC1(C)OB(c2cnn(COC(=O)N3CCC3)c2)OC1(C)C. The fourth-order valence-electron chi connectivity index (χ4n) is 2.26. The Bertz CT molecular complexity index is 552. The van der Waals surface area contributed by atoms with Gasteiger partial charge in [-0.05, 0) is 34.1 Å². The van der Waals surface area contributed by atoms with Crippen LogP contribution in [0.15, 0.2) is 12.4 Å². The molecule has 1 aromatic rings. The van der Waals surface area contributed by atoms with Crippen molar-refractivity contribution in [2.24, 2.45) is 0 Å². The lowest BCUT2D eigenvalue weighted by molar-refractivity contribution is 0.00578. The molecule has 2 aliphatic heterocycles. The lowest BCUT2D eigenvalue weighted by Crippen LogP contribution is -2.42. The summed E-state index contributed by atoms with van der Waals surface area (Å²) in [7, 11) is -0.454. The molecule has 2 aliphatic rings. The van der Waals surface area contributed by atoms with Crippen LogP contribution in [0.4, 0.5) is 4.79 Å². The van der Waals surface area contributed by atoms with E-state index in [1.54, 1.807) is 22.0 Å². The van der Waals surface area contributed by atoms with Crippen molar-refractivity contribution in [2.45, 2.75) is 52.0 Å². The quantitative estimate of drug-likeness (QED) is 0.779. The molecule has 1 aromatic heterocycles. The van der Waals surface area contributed by atoms with Crippen LogP contribution in [0, 0.1) is 0 Å². The van der Waals surface area contributed by atoms with Gasteiger partial charge in [0.05, 0.1) is 11.2 Å². The van der Waals surface area contributed by atoms with Crippen LogP contribution >= 0.6 is 0 Å². The molecule has 0 saturated carbocycles. The Kier molecular flexibility index (Phi) is 3.68. The Morgan fingerprint density at radius 2 is 1.95 bits per heavy atom. The highest BCUT2D eigenvalue weighted by atomic mass is 16.7. The van der Waals surface area contributed by atoms with Gasteiger partial charge in [-0.2, -0.15) is 5.10 Å². The fourth-order valence-corrected chi connectivity index (χ4v) is 2.26. The lowest BCUT2D eigenvalue weighted by Gasteiger charge is -2.32. The molecule has 0 aliphatic carbocycles. The first-order valence-corrected chi connectivity index (χ1v) is 7.58. The maximum Gasteiger partial charge on any atom is 0.498 e.